The zero-order valence-corrected chi connectivity index (χ0v) is 16.9. The van der Waals surface area contributed by atoms with Gasteiger partial charge in [0.1, 0.15) is 5.75 Å². The highest BCUT2D eigenvalue weighted by molar-refractivity contribution is 9.10. The minimum Gasteiger partial charge on any atom is -0.497 e. The first-order chi connectivity index (χ1) is 13.4. The van der Waals surface area contributed by atoms with E-state index in [9.17, 15) is 9.59 Å². The molecule has 0 fully saturated rings. The maximum absolute atomic E-state index is 12.1. The van der Waals surface area contributed by atoms with Gasteiger partial charge in [0.2, 0.25) is 0 Å². The van der Waals surface area contributed by atoms with Crippen LogP contribution in [-0.2, 0) is 4.79 Å². The SMILES string of the molecule is CCOc1cc(/C=N\NC(=O)c2ccc(OC)cc2)cc(Br)c1OCC(=O)O. The van der Waals surface area contributed by atoms with E-state index in [0.29, 0.717) is 33.7 Å². The second-order valence-electron chi connectivity index (χ2n) is 5.37. The van der Waals surface area contributed by atoms with Crippen molar-refractivity contribution in [3.05, 3.63) is 52.0 Å². The van der Waals surface area contributed by atoms with Gasteiger partial charge in [0.05, 0.1) is 24.4 Å². The summed E-state index contributed by atoms with van der Waals surface area (Å²) in [4.78, 5) is 22.8. The monoisotopic (exact) mass is 450 g/mol. The van der Waals surface area contributed by atoms with Crippen LogP contribution >= 0.6 is 15.9 Å². The molecule has 0 unspecified atom stereocenters. The normalized spacial score (nSPS) is 10.5. The van der Waals surface area contributed by atoms with Crippen LogP contribution in [0.4, 0.5) is 0 Å². The molecule has 0 radical (unpaired) electrons. The van der Waals surface area contributed by atoms with E-state index in [1.807, 2.05) is 0 Å². The lowest BCUT2D eigenvalue weighted by Gasteiger charge is -2.13. The highest BCUT2D eigenvalue weighted by Crippen LogP contribution is 2.36. The quantitative estimate of drug-likeness (QED) is 0.449. The van der Waals surface area contributed by atoms with Gasteiger partial charge in [0.25, 0.3) is 5.91 Å². The molecule has 0 saturated heterocycles. The highest BCUT2D eigenvalue weighted by atomic mass is 79.9. The van der Waals surface area contributed by atoms with Crippen LogP contribution in [0.2, 0.25) is 0 Å². The van der Waals surface area contributed by atoms with E-state index in [1.165, 1.54) is 6.21 Å². The average molecular weight is 451 g/mol. The van der Waals surface area contributed by atoms with Crippen LogP contribution in [0, 0.1) is 0 Å². The van der Waals surface area contributed by atoms with Gasteiger partial charge in [0, 0.05) is 5.56 Å². The van der Waals surface area contributed by atoms with Crippen LogP contribution in [0.25, 0.3) is 0 Å². The lowest BCUT2D eigenvalue weighted by Crippen LogP contribution is -2.17. The highest BCUT2D eigenvalue weighted by Gasteiger charge is 2.13. The molecule has 2 aromatic rings. The number of halogens is 1. The predicted molar refractivity (Wildman–Crippen MR) is 106 cm³/mol. The molecule has 2 N–H and O–H groups in total. The third kappa shape index (κ3) is 5.98. The number of carbonyl (C=O) groups is 2. The molecule has 9 heteroatoms. The largest absolute Gasteiger partial charge is 0.497 e. The number of rotatable bonds is 9. The van der Waals surface area contributed by atoms with Crippen LogP contribution in [0.5, 0.6) is 17.2 Å². The van der Waals surface area contributed by atoms with E-state index in [4.69, 9.17) is 19.3 Å². The van der Waals surface area contributed by atoms with Gasteiger partial charge in [-0.1, -0.05) is 0 Å². The summed E-state index contributed by atoms with van der Waals surface area (Å²) in [7, 11) is 1.55. The summed E-state index contributed by atoms with van der Waals surface area (Å²) in [6.45, 7) is 1.67. The summed E-state index contributed by atoms with van der Waals surface area (Å²) in [5, 5.41) is 12.7. The van der Waals surface area contributed by atoms with Crippen molar-refractivity contribution in [2.24, 2.45) is 5.10 Å². The third-order valence-corrected chi connectivity index (χ3v) is 3.99. The van der Waals surface area contributed by atoms with E-state index in [0.717, 1.165) is 0 Å². The molecule has 0 bridgehead atoms. The van der Waals surface area contributed by atoms with Crippen molar-refractivity contribution in [2.45, 2.75) is 6.92 Å². The summed E-state index contributed by atoms with van der Waals surface area (Å²) in [5.74, 6) is -0.172. The number of carboxylic acids is 1. The van der Waals surface area contributed by atoms with Crippen molar-refractivity contribution >= 4 is 34.0 Å². The van der Waals surface area contributed by atoms with Gasteiger partial charge in [-0.05, 0) is 64.8 Å². The van der Waals surface area contributed by atoms with Crippen molar-refractivity contribution in [1.82, 2.24) is 5.43 Å². The third-order valence-electron chi connectivity index (χ3n) is 3.40. The first-order valence-corrected chi connectivity index (χ1v) is 9.02. The summed E-state index contributed by atoms with van der Waals surface area (Å²) >= 11 is 3.33. The number of carboxylic acid groups (broad SMARTS) is 1. The molecule has 0 spiro atoms. The zero-order chi connectivity index (χ0) is 20.5. The Labute approximate surface area is 170 Å². The van der Waals surface area contributed by atoms with Gasteiger partial charge in [-0.3, -0.25) is 4.79 Å². The topological polar surface area (TPSA) is 106 Å². The molecule has 0 aliphatic heterocycles. The summed E-state index contributed by atoms with van der Waals surface area (Å²) in [5.41, 5.74) is 3.49. The number of methoxy groups -OCH3 is 1. The number of ether oxygens (including phenoxy) is 3. The fourth-order valence-corrected chi connectivity index (χ4v) is 2.75. The maximum Gasteiger partial charge on any atom is 0.341 e. The molecule has 0 atom stereocenters. The maximum atomic E-state index is 12.1. The number of hydrogen-bond acceptors (Lipinski definition) is 6. The van der Waals surface area contributed by atoms with E-state index in [2.05, 4.69) is 26.5 Å². The Hall–Kier alpha value is -3.07. The molecule has 0 aromatic heterocycles. The van der Waals surface area contributed by atoms with E-state index in [1.54, 1.807) is 50.4 Å². The first kappa shape index (κ1) is 21.2. The molecule has 2 aromatic carbocycles. The molecule has 28 heavy (non-hydrogen) atoms. The Morgan fingerprint density at radius 1 is 1.21 bits per heavy atom. The second-order valence-corrected chi connectivity index (χ2v) is 6.23. The van der Waals surface area contributed by atoms with Crippen molar-refractivity contribution in [1.29, 1.82) is 0 Å². The molecule has 1 amide bonds. The Balaban J connectivity index is 2.11. The van der Waals surface area contributed by atoms with Crippen molar-refractivity contribution in [2.75, 3.05) is 20.3 Å². The Morgan fingerprint density at radius 2 is 1.93 bits per heavy atom. The average Bonchev–Trinajstić information content (AvgIpc) is 2.67. The van der Waals surface area contributed by atoms with Crippen LogP contribution in [0.15, 0.2) is 46.0 Å². The predicted octanol–water partition coefficient (Wildman–Crippen LogP) is 3.08. The summed E-state index contributed by atoms with van der Waals surface area (Å²) < 4.78 is 16.3. The number of aliphatic carboxylic acids is 1. The molecular formula is C19H19BrN2O6. The molecule has 2 rings (SSSR count). The molecule has 0 aliphatic rings. The smallest absolute Gasteiger partial charge is 0.341 e. The van der Waals surface area contributed by atoms with Crippen molar-refractivity contribution < 1.29 is 28.9 Å². The number of carbonyl (C=O) groups excluding carboxylic acids is 1. The molecule has 0 saturated carbocycles. The molecule has 8 nitrogen and oxygen atoms in total. The van der Waals surface area contributed by atoms with Crippen LogP contribution in [0.1, 0.15) is 22.8 Å². The number of amides is 1. The van der Waals surface area contributed by atoms with Gasteiger partial charge in [0.15, 0.2) is 18.1 Å². The van der Waals surface area contributed by atoms with Crippen molar-refractivity contribution in [3.8, 4) is 17.2 Å². The first-order valence-electron chi connectivity index (χ1n) is 8.23. The van der Waals surface area contributed by atoms with Crippen LogP contribution in [0.3, 0.4) is 0 Å². The minimum atomic E-state index is -1.10. The van der Waals surface area contributed by atoms with Gasteiger partial charge < -0.3 is 19.3 Å². The molecule has 0 heterocycles. The van der Waals surface area contributed by atoms with Crippen molar-refractivity contribution in [3.63, 3.8) is 0 Å². The van der Waals surface area contributed by atoms with Gasteiger partial charge in [-0.25, -0.2) is 10.2 Å². The summed E-state index contributed by atoms with van der Waals surface area (Å²) in [6.07, 6.45) is 1.44. The van der Waals surface area contributed by atoms with E-state index >= 15 is 0 Å². The number of benzene rings is 2. The fourth-order valence-electron chi connectivity index (χ4n) is 2.17. The molecular weight excluding hydrogens is 432 g/mol. The number of nitrogens with zero attached hydrogens (tertiary/aromatic N) is 1. The zero-order valence-electron chi connectivity index (χ0n) is 15.3. The Kier molecular flexibility index (Phi) is 7.82. The van der Waals surface area contributed by atoms with Gasteiger partial charge in [-0.2, -0.15) is 5.10 Å². The lowest BCUT2D eigenvalue weighted by atomic mass is 10.2. The number of hydrogen-bond donors (Lipinski definition) is 2. The van der Waals surface area contributed by atoms with E-state index < -0.39 is 12.6 Å². The van der Waals surface area contributed by atoms with Gasteiger partial charge >= 0.3 is 5.97 Å². The fraction of sp³-hybridized carbons (Fsp3) is 0.211. The van der Waals surface area contributed by atoms with E-state index in [-0.39, 0.29) is 11.7 Å². The Bertz CT molecular complexity index is 867. The van der Waals surface area contributed by atoms with Gasteiger partial charge in [-0.15, -0.1) is 0 Å². The second kappa shape index (κ2) is 10.3. The molecule has 148 valence electrons. The molecule has 0 aliphatic carbocycles. The Morgan fingerprint density at radius 3 is 2.54 bits per heavy atom. The van der Waals surface area contributed by atoms with Crippen LogP contribution in [-0.4, -0.2) is 43.5 Å². The number of hydrazone groups is 1. The minimum absolute atomic E-state index is 0.281. The lowest BCUT2D eigenvalue weighted by molar-refractivity contribution is -0.139. The number of nitrogens with one attached hydrogen (secondary N) is 1. The standard InChI is InChI=1S/C19H19BrN2O6/c1-3-27-16-9-12(8-15(20)18(16)28-11-17(23)24)10-21-22-19(25)13-4-6-14(26-2)7-5-13/h4-10H,3,11H2,1-2H3,(H,22,25)(H,23,24)/b21-10-. The summed E-state index contributed by atoms with van der Waals surface area (Å²) in [6, 6.07) is 9.92. The van der Waals surface area contributed by atoms with Crippen LogP contribution < -0.4 is 19.6 Å².